The summed E-state index contributed by atoms with van der Waals surface area (Å²) in [6.45, 7) is 4.51. The Morgan fingerprint density at radius 2 is 1.94 bits per heavy atom. The van der Waals surface area contributed by atoms with Crippen LogP contribution in [-0.2, 0) is 6.54 Å². The molecule has 0 aromatic heterocycles. The predicted octanol–water partition coefficient (Wildman–Crippen LogP) is 0.783. The molecule has 1 saturated heterocycles. The van der Waals surface area contributed by atoms with E-state index in [1.165, 1.54) is 6.07 Å². The number of rotatable bonds is 3. The Balaban J connectivity index is 1.85. The van der Waals surface area contributed by atoms with E-state index in [1.807, 2.05) is 0 Å². The summed E-state index contributed by atoms with van der Waals surface area (Å²) in [4.78, 5) is 2.27. The standard InChI is InChI=1S/C12H18FN3O/c1-15-2-4-16(5-3-15)14-9-10-6-11(13)8-12(17)7-10/h6-8,14,17H,2-5,9H2,1H3. The van der Waals surface area contributed by atoms with Crippen molar-refractivity contribution < 1.29 is 9.50 Å². The van der Waals surface area contributed by atoms with Gasteiger partial charge in [0.25, 0.3) is 0 Å². The van der Waals surface area contributed by atoms with Crippen LogP contribution in [0.4, 0.5) is 4.39 Å². The maximum atomic E-state index is 13.0. The molecule has 0 amide bonds. The number of phenols is 1. The largest absolute Gasteiger partial charge is 0.508 e. The van der Waals surface area contributed by atoms with Gasteiger partial charge in [0.15, 0.2) is 0 Å². The minimum absolute atomic E-state index is 0.0276. The zero-order valence-corrected chi connectivity index (χ0v) is 9.99. The zero-order valence-electron chi connectivity index (χ0n) is 9.99. The second-order valence-corrected chi connectivity index (χ2v) is 4.44. The van der Waals surface area contributed by atoms with Crippen LogP contribution >= 0.6 is 0 Å². The molecule has 1 fully saturated rings. The Bertz CT molecular complexity index is 358. The topological polar surface area (TPSA) is 38.7 Å². The van der Waals surface area contributed by atoms with Crippen LogP contribution in [0.3, 0.4) is 0 Å². The number of phenolic OH excluding ortho intramolecular Hbond substituents is 1. The number of nitrogens with zero attached hydrogens (tertiary/aromatic N) is 2. The van der Waals surface area contributed by atoms with E-state index >= 15 is 0 Å². The van der Waals surface area contributed by atoms with Crippen molar-refractivity contribution in [2.24, 2.45) is 0 Å². The highest BCUT2D eigenvalue weighted by Gasteiger charge is 2.13. The Morgan fingerprint density at radius 3 is 2.59 bits per heavy atom. The molecule has 2 rings (SSSR count). The average Bonchev–Trinajstić information content (AvgIpc) is 2.27. The molecule has 1 aromatic rings. The molecule has 5 heteroatoms. The van der Waals surface area contributed by atoms with Crippen LogP contribution in [0.5, 0.6) is 5.75 Å². The van der Waals surface area contributed by atoms with Crippen LogP contribution in [0.25, 0.3) is 0 Å². The van der Waals surface area contributed by atoms with Crippen LogP contribution in [0.1, 0.15) is 5.56 Å². The van der Waals surface area contributed by atoms with Gasteiger partial charge in [0.2, 0.25) is 0 Å². The number of hydrogen-bond acceptors (Lipinski definition) is 4. The highest BCUT2D eigenvalue weighted by Crippen LogP contribution is 2.14. The van der Waals surface area contributed by atoms with Crippen molar-refractivity contribution >= 4 is 0 Å². The first-order chi connectivity index (χ1) is 8.13. The number of aromatic hydroxyl groups is 1. The average molecular weight is 239 g/mol. The number of benzene rings is 1. The molecule has 1 aromatic carbocycles. The molecule has 0 aliphatic carbocycles. The van der Waals surface area contributed by atoms with E-state index in [2.05, 4.69) is 22.4 Å². The van der Waals surface area contributed by atoms with E-state index in [0.717, 1.165) is 37.8 Å². The second-order valence-electron chi connectivity index (χ2n) is 4.44. The van der Waals surface area contributed by atoms with Crippen molar-refractivity contribution in [3.8, 4) is 5.75 Å². The second kappa shape index (κ2) is 5.44. The van der Waals surface area contributed by atoms with E-state index in [9.17, 15) is 9.50 Å². The first-order valence-electron chi connectivity index (χ1n) is 5.79. The number of hydrogen-bond donors (Lipinski definition) is 2. The highest BCUT2D eigenvalue weighted by molar-refractivity contribution is 5.28. The fourth-order valence-electron chi connectivity index (χ4n) is 1.90. The van der Waals surface area contributed by atoms with E-state index < -0.39 is 5.82 Å². The third kappa shape index (κ3) is 3.66. The normalized spacial score (nSPS) is 18.5. The minimum Gasteiger partial charge on any atom is -0.508 e. The number of likely N-dealkylation sites (N-methyl/N-ethyl adjacent to an activating group) is 1. The zero-order chi connectivity index (χ0) is 12.3. The van der Waals surface area contributed by atoms with Crippen molar-refractivity contribution in [3.63, 3.8) is 0 Å². The lowest BCUT2D eigenvalue weighted by Crippen LogP contribution is -2.50. The molecule has 1 aliphatic heterocycles. The van der Waals surface area contributed by atoms with Gasteiger partial charge in [0.1, 0.15) is 11.6 Å². The lowest BCUT2D eigenvalue weighted by atomic mass is 10.2. The van der Waals surface area contributed by atoms with Gasteiger partial charge >= 0.3 is 0 Å². The highest BCUT2D eigenvalue weighted by atomic mass is 19.1. The van der Waals surface area contributed by atoms with Gasteiger partial charge in [-0.3, -0.25) is 5.43 Å². The lowest BCUT2D eigenvalue weighted by Gasteiger charge is -2.32. The first-order valence-corrected chi connectivity index (χ1v) is 5.79. The third-order valence-electron chi connectivity index (χ3n) is 2.95. The Hall–Kier alpha value is -1.17. The maximum Gasteiger partial charge on any atom is 0.127 e. The molecule has 0 bridgehead atoms. The monoisotopic (exact) mass is 239 g/mol. The molecule has 0 radical (unpaired) electrons. The smallest absolute Gasteiger partial charge is 0.127 e. The van der Waals surface area contributed by atoms with Crippen molar-refractivity contribution in [3.05, 3.63) is 29.6 Å². The summed E-state index contributed by atoms with van der Waals surface area (Å²) in [5.74, 6) is -0.430. The Morgan fingerprint density at radius 1 is 1.24 bits per heavy atom. The number of halogens is 1. The fraction of sp³-hybridized carbons (Fsp3) is 0.500. The molecule has 2 N–H and O–H groups in total. The molecule has 0 atom stereocenters. The molecule has 94 valence electrons. The van der Waals surface area contributed by atoms with Gasteiger partial charge in [-0.05, 0) is 24.7 Å². The van der Waals surface area contributed by atoms with Crippen LogP contribution in [0.2, 0.25) is 0 Å². The summed E-state index contributed by atoms with van der Waals surface area (Å²) in [7, 11) is 2.10. The SMILES string of the molecule is CN1CCN(NCc2cc(O)cc(F)c2)CC1. The molecule has 0 saturated carbocycles. The minimum atomic E-state index is -0.403. The van der Waals surface area contributed by atoms with Crippen molar-refractivity contribution in [1.29, 1.82) is 0 Å². The number of piperazine rings is 1. The van der Waals surface area contributed by atoms with Gasteiger partial charge in [-0.2, -0.15) is 0 Å². The fourth-order valence-corrected chi connectivity index (χ4v) is 1.90. The van der Waals surface area contributed by atoms with Crippen LogP contribution in [0.15, 0.2) is 18.2 Å². The van der Waals surface area contributed by atoms with Crippen LogP contribution in [0, 0.1) is 5.82 Å². The van der Waals surface area contributed by atoms with E-state index in [1.54, 1.807) is 6.07 Å². The van der Waals surface area contributed by atoms with Gasteiger partial charge in [-0.1, -0.05) is 0 Å². The van der Waals surface area contributed by atoms with Crippen molar-refractivity contribution in [1.82, 2.24) is 15.3 Å². The molecule has 0 unspecified atom stereocenters. The number of hydrazine groups is 1. The summed E-state index contributed by atoms with van der Waals surface area (Å²) >= 11 is 0. The van der Waals surface area contributed by atoms with E-state index in [0.29, 0.717) is 6.54 Å². The van der Waals surface area contributed by atoms with Gasteiger partial charge < -0.3 is 10.0 Å². The third-order valence-corrected chi connectivity index (χ3v) is 2.95. The summed E-state index contributed by atoms with van der Waals surface area (Å²) < 4.78 is 13.0. The van der Waals surface area contributed by atoms with Crippen LogP contribution in [-0.4, -0.2) is 48.2 Å². The van der Waals surface area contributed by atoms with Crippen molar-refractivity contribution in [2.45, 2.75) is 6.54 Å². The summed E-state index contributed by atoms with van der Waals surface area (Å²) in [5, 5.41) is 11.4. The Kier molecular flexibility index (Phi) is 3.93. The summed E-state index contributed by atoms with van der Waals surface area (Å²) in [6, 6.07) is 4.12. The lowest BCUT2D eigenvalue weighted by molar-refractivity contribution is 0.102. The molecular formula is C12H18FN3O. The molecule has 0 spiro atoms. The van der Waals surface area contributed by atoms with E-state index in [4.69, 9.17) is 0 Å². The molecule has 1 aliphatic rings. The van der Waals surface area contributed by atoms with Gasteiger partial charge in [-0.15, -0.1) is 0 Å². The molecule has 4 nitrogen and oxygen atoms in total. The summed E-state index contributed by atoms with van der Waals surface area (Å²) in [5.41, 5.74) is 3.99. The quantitative estimate of drug-likeness (QED) is 0.817. The predicted molar refractivity (Wildman–Crippen MR) is 64.0 cm³/mol. The van der Waals surface area contributed by atoms with Gasteiger partial charge in [0, 0.05) is 38.8 Å². The Labute approximate surface area is 101 Å². The summed E-state index contributed by atoms with van der Waals surface area (Å²) in [6.07, 6.45) is 0. The number of nitrogens with one attached hydrogen (secondary N) is 1. The van der Waals surface area contributed by atoms with Gasteiger partial charge in [-0.25, -0.2) is 9.40 Å². The molecular weight excluding hydrogens is 221 g/mol. The van der Waals surface area contributed by atoms with Crippen molar-refractivity contribution in [2.75, 3.05) is 33.2 Å². The van der Waals surface area contributed by atoms with Crippen LogP contribution < -0.4 is 5.43 Å². The first kappa shape index (κ1) is 12.3. The molecule has 1 heterocycles. The molecule has 17 heavy (non-hydrogen) atoms. The van der Waals surface area contributed by atoms with E-state index in [-0.39, 0.29) is 5.75 Å². The maximum absolute atomic E-state index is 13.0. The van der Waals surface area contributed by atoms with Gasteiger partial charge in [0.05, 0.1) is 0 Å².